The summed E-state index contributed by atoms with van der Waals surface area (Å²) in [7, 11) is 0. The number of aromatic nitrogens is 2. The highest BCUT2D eigenvalue weighted by molar-refractivity contribution is 7.80. The third-order valence-electron chi connectivity index (χ3n) is 5.37. The Kier molecular flexibility index (Phi) is 5.63. The zero-order valence-corrected chi connectivity index (χ0v) is 18.0. The Bertz CT molecular complexity index is 1110. The van der Waals surface area contributed by atoms with E-state index >= 15 is 0 Å². The van der Waals surface area contributed by atoms with Crippen LogP contribution in [0.4, 0.5) is 4.39 Å². The van der Waals surface area contributed by atoms with Crippen LogP contribution in [0.2, 0.25) is 0 Å². The average Bonchev–Trinajstić information content (AvgIpc) is 3.23. The number of nitrogens with one attached hydrogen (secondary N) is 1. The SMILES string of the molecule is CCc1ccc(C2NC(=S)N(CC)C(C)=C2c2nc(-c3cccc(F)c3)no2)cc1. The smallest absolute Gasteiger partial charge is 0.258 e. The van der Waals surface area contributed by atoms with Gasteiger partial charge in [-0.25, -0.2) is 4.39 Å². The van der Waals surface area contributed by atoms with Gasteiger partial charge in [0.2, 0.25) is 5.82 Å². The summed E-state index contributed by atoms with van der Waals surface area (Å²) in [5.41, 5.74) is 4.72. The van der Waals surface area contributed by atoms with Gasteiger partial charge in [0.15, 0.2) is 5.11 Å². The van der Waals surface area contributed by atoms with Crippen molar-refractivity contribution in [2.45, 2.75) is 33.2 Å². The van der Waals surface area contributed by atoms with Gasteiger partial charge >= 0.3 is 0 Å². The molecule has 2 aromatic carbocycles. The van der Waals surface area contributed by atoms with E-state index < -0.39 is 0 Å². The Morgan fingerprint density at radius 1 is 1.17 bits per heavy atom. The van der Waals surface area contributed by atoms with E-state index in [0.29, 0.717) is 28.9 Å². The van der Waals surface area contributed by atoms with Crippen molar-refractivity contribution in [3.63, 3.8) is 0 Å². The van der Waals surface area contributed by atoms with Gasteiger partial charge in [-0.1, -0.05) is 48.5 Å². The average molecular weight is 423 g/mol. The van der Waals surface area contributed by atoms with Crippen LogP contribution in [0.3, 0.4) is 0 Å². The highest BCUT2D eigenvalue weighted by Crippen LogP contribution is 2.37. The summed E-state index contributed by atoms with van der Waals surface area (Å²) in [6, 6.07) is 14.4. The minimum absolute atomic E-state index is 0.216. The minimum Gasteiger partial charge on any atom is -0.351 e. The molecule has 5 nitrogen and oxygen atoms in total. The second kappa shape index (κ2) is 8.36. The van der Waals surface area contributed by atoms with E-state index in [4.69, 9.17) is 16.7 Å². The molecule has 1 atom stereocenters. The summed E-state index contributed by atoms with van der Waals surface area (Å²) >= 11 is 5.60. The zero-order valence-electron chi connectivity index (χ0n) is 17.1. The van der Waals surface area contributed by atoms with Crippen LogP contribution >= 0.6 is 12.2 Å². The number of benzene rings is 2. The lowest BCUT2D eigenvalue weighted by atomic mass is 9.94. The van der Waals surface area contributed by atoms with Gasteiger partial charge in [0.05, 0.1) is 11.6 Å². The van der Waals surface area contributed by atoms with Crippen molar-refractivity contribution in [2.75, 3.05) is 6.54 Å². The molecule has 30 heavy (non-hydrogen) atoms. The van der Waals surface area contributed by atoms with E-state index in [1.165, 1.54) is 17.7 Å². The van der Waals surface area contributed by atoms with Crippen molar-refractivity contribution < 1.29 is 8.91 Å². The van der Waals surface area contributed by atoms with Crippen molar-refractivity contribution in [2.24, 2.45) is 0 Å². The summed E-state index contributed by atoms with van der Waals surface area (Å²) in [4.78, 5) is 6.59. The second-order valence-electron chi connectivity index (χ2n) is 7.15. The van der Waals surface area contributed by atoms with E-state index in [1.54, 1.807) is 12.1 Å². The van der Waals surface area contributed by atoms with Gasteiger partial charge in [0.25, 0.3) is 5.89 Å². The van der Waals surface area contributed by atoms with Crippen LogP contribution in [0.15, 0.2) is 58.8 Å². The molecule has 0 spiro atoms. The predicted octanol–water partition coefficient (Wildman–Crippen LogP) is 5.12. The van der Waals surface area contributed by atoms with Crippen LogP contribution in [0.1, 0.15) is 43.8 Å². The number of allylic oxidation sites excluding steroid dienone is 1. The first kappa shape index (κ1) is 20.2. The fourth-order valence-electron chi connectivity index (χ4n) is 3.71. The van der Waals surface area contributed by atoms with E-state index in [0.717, 1.165) is 23.3 Å². The maximum atomic E-state index is 13.6. The molecular formula is C23H23FN4OS. The third kappa shape index (κ3) is 3.73. The summed E-state index contributed by atoms with van der Waals surface area (Å²) in [6.07, 6.45) is 0.975. The molecule has 7 heteroatoms. The van der Waals surface area contributed by atoms with E-state index in [9.17, 15) is 4.39 Å². The van der Waals surface area contributed by atoms with Crippen LogP contribution in [-0.4, -0.2) is 26.7 Å². The molecule has 0 radical (unpaired) electrons. The Hall–Kier alpha value is -3.06. The Morgan fingerprint density at radius 3 is 2.60 bits per heavy atom. The second-order valence-corrected chi connectivity index (χ2v) is 7.54. The normalized spacial score (nSPS) is 16.7. The number of hydrogen-bond donors (Lipinski definition) is 1. The number of nitrogens with zero attached hydrogens (tertiary/aromatic N) is 3. The number of thiocarbonyl (C=S) groups is 1. The van der Waals surface area contributed by atoms with Gasteiger partial charge in [-0.3, -0.25) is 0 Å². The first-order chi connectivity index (χ1) is 14.5. The molecule has 1 aromatic heterocycles. The number of halogens is 1. The molecule has 2 heterocycles. The molecule has 0 fully saturated rings. The number of rotatable bonds is 5. The van der Waals surface area contributed by atoms with Gasteiger partial charge in [-0.2, -0.15) is 4.98 Å². The van der Waals surface area contributed by atoms with Gasteiger partial charge in [0, 0.05) is 17.8 Å². The predicted molar refractivity (Wildman–Crippen MR) is 119 cm³/mol. The quantitative estimate of drug-likeness (QED) is 0.576. The first-order valence-electron chi connectivity index (χ1n) is 9.99. The number of aryl methyl sites for hydroxylation is 1. The lowest BCUT2D eigenvalue weighted by molar-refractivity contribution is 0.398. The highest BCUT2D eigenvalue weighted by atomic mass is 32.1. The fraction of sp³-hybridized carbons (Fsp3) is 0.261. The maximum Gasteiger partial charge on any atom is 0.258 e. The fourth-order valence-corrected chi connectivity index (χ4v) is 4.10. The number of hydrogen-bond acceptors (Lipinski definition) is 4. The van der Waals surface area contributed by atoms with Crippen molar-refractivity contribution in [1.29, 1.82) is 0 Å². The Labute approximate surface area is 180 Å². The molecule has 1 N–H and O–H groups in total. The minimum atomic E-state index is -0.343. The molecule has 3 aromatic rings. The third-order valence-corrected chi connectivity index (χ3v) is 5.71. The molecule has 0 amide bonds. The molecule has 1 unspecified atom stereocenters. The van der Waals surface area contributed by atoms with Crippen LogP contribution in [-0.2, 0) is 6.42 Å². The lowest BCUT2D eigenvalue weighted by Crippen LogP contribution is -2.45. The van der Waals surface area contributed by atoms with Crippen LogP contribution < -0.4 is 5.32 Å². The van der Waals surface area contributed by atoms with Crippen molar-refractivity contribution >= 4 is 22.9 Å². The van der Waals surface area contributed by atoms with Gasteiger partial charge in [0.1, 0.15) is 5.82 Å². The van der Waals surface area contributed by atoms with Crippen molar-refractivity contribution in [3.05, 3.63) is 77.1 Å². The summed E-state index contributed by atoms with van der Waals surface area (Å²) in [6.45, 7) is 6.89. The molecule has 1 aliphatic heterocycles. The van der Waals surface area contributed by atoms with E-state index in [2.05, 4.69) is 46.6 Å². The van der Waals surface area contributed by atoms with Crippen LogP contribution in [0, 0.1) is 5.82 Å². The zero-order chi connectivity index (χ0) is 21.3. The molecule has 0 saturated carbocycles. The maximum absolute atomic E-state index is 13.6. The molecular weight excluding hydrogens is 399 g/mol. The van der Waals surface area contributed by atoms with E-state index in [-0.39, 0.29) is 11.9 Å². The Balaban J connectivity index is 1.80. The largest absolute Gasteiger partial charge is 0.351 e. The summed E-state index contributed by atoms with van der Waals surface area (Å²) in [5.74, 6) is 0.399. The standard InChI is InChI=1S/C23H23FN4OS/c1-4-15-9-11-16(12-10-15)20-19(14(3)28(5-2)23(30)25-20)22-26-21(27-29-22)17-7-6-8-18(24)13-17/h6-13,20H,4-5H2,1-3H3,(H,25,30). The van der Waals surface area contributed by atoms with Gasteiger partial charge < -0.3 is 14.7 Å². The summed E-state index contributed by atoms with van der Waals surface area (Å²) < 4.78 is 19.3. The molecule has 154 valence electrons. The monoisotopic (exact) mass is 422 g/mol. The first-order valence-corrected chi connectivity index (χ1v) is 10.4. The van der Waals surface area contributed by atoms with Gasteiger partial charge in [-0.05, 0) is 55.7 Å². The van der Waals surface area contributed by atoms with Crippen LogP contribution in [0.5, 0.6) is 0 Å². The molecule has 0 aliphatic carbocycles. The lowest BCUT2D eigenvalue weighted by Gasteiger charge is -2.36. The molecule has 0 bridgehead atoms. The molecule has 0 saturated heterocycles. The highest BCUT2D eigenvalue weighted by Gasteiger charge is 2.33. The summed E-state index contributed by atoms with van der Waals surface area (Å²) in [5, 5.41) is 8.18. The van der Waals surface area contributed by atoms with Crippen molar-refractivity contribution in [1.82, 2.24) is 20.4 Å². The van der Waals surface area contributed by atoms with Crippen LogP contribution in [0.25, 0.3) is 17.0 Å². The van der Waals surface area contributed by atoms with Crippen molar-refractivity contribution in [3.8, 4) is 11.4 Å². The molecule has 1 aliphatic rings. The topological polar surface area (TPSA) is 54.2 Å². The molecule has 4 rings (SSSR count). The Morgan fingerprint density at radius 2 is 1.93 bits per heavy atom. The van der Waals surface area contributed by atoms with E-state index in [1.807, 2.05) is 18.7 Å². The van der Waals surface area contributed by atoms with Gasteiger partial charge in [-0.15, -0.1) is 0 Å².